The molecule has 1 aliphatic rings. The predicted octanol–water partition coefficient (Wildman–Crippen LogP) is 3.75. The van der Waals surface area contributed by atoms with Crippen LogP contribution < -0.4 is 10.1 Å². The number of aromatic nitrogens is 2. The van der Waals surface area contributed by atoms with Gasteiger partial charge in [-0.05, 0) is 48.7 Å². The van der Waals surface area contributed by atoms with Gasteiger partial charge in [0.2, 0.25) is 0 Å². The molecule has 1 aliphatic heterocycles. The molecule has 2 heterocycles. The van der Waals surface area contributed by atoms with Gasteiger partial charge in [-0.1, -0.05) is 24.3 Å². The molecule has 0 saturated heterocycles. The molecule has 0 spiro atoms. The minimum atomic E-state index is 0.840. The third-order valence-corrected chi connectivity index (χ3v) is 4.51. The SMILES string of the molecule is COc1ccc(Cc2nn(-c3cccc(C)c3)c3c2CCN3)cc1. The highest BCUT2D eigenvalue weighted by atomic mass is 16.5. The number of anilines is 1. The fourth-order valence-corrected chi connectivity index (χ4v) is 3.27. The molecule has 3 aromatic rings. The first-order valence-corrected chi connectivity index (χ1v) is 8.29. The zero-order chi connectivity index (χ0) is 16.5. The van der Waals surface area contributed by atoms with E-state index in [1.807, 2.05) is 16.8 Å². The van der Waals surface area contributed by atoms with Crippen LogP contribution in [0.2, 0.25) is 0 Å². The van der Waals surface area contributed by atoms with Crippen molar-refractivity contribution < 1.29 is 4.74 Å². The monoisotopic (exact) mass is 319 g/mol. The maximum absolute atomic E-state index is 5.24. The zero-order valence-corrected chi connectivity index (χ0v) is 14.0. The Bertz CT molecular complexity index is 865. The van der Waals surface area contributed by atoms with E-state index < -0.39 is 0 Å². The smallest absolute Gasteiger partial charge is 0.133 e. The van der Waals surface area contributed by atoms with Crippen molar-refractivity contribution >= 4 is 5.82 Å². The lowest BCUT2D eigenvalue weighted by Gasteiger charge is -2.07. The summed E-state index contributed by atoms with van der Waals surface area (Å²) in [6.45, 7) is 3.09. The number of nitrogens with one attached hydrogen (secondary N) is 1. The Morgan fingerprint density at radius 3 is 2.75 bits per heavy atom. The molecule has 0 atom stereocenters. The van der Waals surface area contributed by atoms with Crippen molar-refractivity contribution in [1.82, 2.24) is 9.78 Å². The fraction of sp³-hybridized carbons (Fsp3) is 0.250. The third kappa shape index (κ3) is 2.64. The molecule has 0 aliphatic carbocycles. The minimum Gasteiger partial charge on any atom is -0.497 e. The molecular weight excluding hydrogens is 298 g/mol. The van der Waals surface area contributed by atoms with Crippen LogP contribution in [0, 0.1) is 6.92 Å². The van der Waals surface area contributed by atoms with Crippen molar-refractivity contribution in [1.29, 1.82) is 0 Å². The van der Waals surface area contributed by atoms with Gasteiger partial charge in [0.1, 0.15) is 11.6 Å². The highest BCUT2D eigenvalue weighted by Gasteiger charge is 2.23. The Morgan fingerprint density at radius 2 is 2.00 bits per heavy atom. The van der Waals surface area contributed by atoms with Gasteiger partial charge in [0.05, 0.1) is 18.5 Å². The number of rotatable bonds is 4. The Kier molecular flexibility index (Phi) is 3.73. The van der Waals surface area contributed by atoms with Crippen LogP contribution in [-0.4, -0.2) is 23.4 Å². The van der Waals surface area contributed by atoms with E-state index in [0.717, 1.165) is 42.3 Å². The second-order valence-corrected chi connectivity index (χ2v) is 6.23. The number of hydrogen-bond donors (Lipinski definition) is 1. The van der Waals surface area contributed by atoms with Gasteiger partial charge in [0.15, 0.2) is 0 Å². The third-order valence-electron chi connectivity index (χ3n) is 4.51. The zero-order valence-electron chi connectivity index (χ0n) is 14.0. The summed E-state index contributed by atoms with van der Waals surface area (Å²) in [6, 6.07) is 16.7. The van der Waals surface area contributed by atoms with Gasteiger partial charge < -0.3 is 10.1 Å². The maximum Gasteiger partial charge on any atom is 0.133 e. The second-order valence-electron chi connectivity index (χ2n) is 6.23. The van der Waals surface area contributed by atoms with Crippen molar-refractivity contribution in [3.63, 3.8) is 0 Å². The largest absolute Gasteiger partial charge is 0.497 e. The van der Waals surface area contributed by atoms with Crippen LogP contribution >= 0.6 is 0 Å². The minimum absolute atomic E-state index is 0.840. The predicted molar refractivity (Wildman–Crippen MR) is 96.3 cm³/mol. The van der Waals surface area contributed by atoms with Gasteiger partial charge in [0, 0.05) is 18.5 Å². The number of nitrogens with zero attached hydrogens (tertiary/aromatic N) is 2. The quantitative estimate of drug-likeness (QED) is 0.796. The van der Waals surface area contributed by atoms with E-state index in [-0.39, 0.29) is 0 Å². The molecule has 4 heteroatoms. The number of hydrogen-bond acceptors (Lipinski definition) is 3. The summed E-state index contributed by atoms with van der Waals surface area (Å²) in [4.78, 5) is 0. The number of aryl methyl sites for hydroxylation is 1. The Hall–Kier alpha value is -2.75. The Labute approximate surface area is 142 Å². The molecule has 24 heavy (non-hydrogen) atoms. The summed E-state index contributed by atoms with van der Waals surface area (Å²) in [6.07, 6.45) is 1.87. The van der Waals surface area contributed by atoms with Crippen LogP contribution in [0.3, 0.4) is 0 Å². The number of benzene rings is 2. The van der Waals surface area contributed by atoms with Gasteiger partial charge in [0.25, 0.3) is 0 Å². The summed E-state index contributed by atoms with van der Waals surface area (Å²) in [5, 5.41) is 8.40. The van der Waals surface area contributed by atoms with Crippen LogP contribution in [-0.2, 0) is 12.8 Å². The topological polar surface area (TPSA) is 39.1 Å². The lowest BCUT2D eigenvalue weighted by Crippen LogP contribution is -2.05. The standard InChI is InChI=1S/C20H21N3O/c1-14-4-3-5-16(12-14)23-20-18(10-11-21-20)19(22-23)13-15-6-8-17(24-2)9-7-15/h3-9,12,21H,10-11,13H2,1-2H3. The van der Waals surface area contributed by atoms with E-state index in [9.17, 15) is 0 Å². The Balaban J connectivity index is 1.70. The second kappa shape index (κ2) is 6.04. The molecule has 1 aromatic heterocycles. The summed E-state index contributed by atoms with van der Waals surface area (Å²) in [7, 11) is 1.69. The first-order valence-electron chi connectivity index (χ1n) is 8.29. The molecule has 4 rings (SSSR count). The number of ether oxygens (including phenoxy) is 1. The van der Waals surface area contributed by atoms with Gasteiger partial charge in [-0.2, -0.15) is 5.10 Å². The van der Waals surface area contributed by atoms with E-state index >= 15 is 0 Å². The molecule has 0 saturated carbocycles. The molecule has 0 bridgehead atoms. The summed E-state index contributed by atoms with van der Waals surface area (Å²) < 4.78 is 7.29. The van der Waals surface area contributed by atoms with E-state index in [0.29, 0.717) is 0 Å². The first-order chi connectivity index (χ1) is 11.7. The van der Waals surface area contributed by atoms with Crippen LogP contribution in [0.4, 0.5) is 5.82 Å². The maximum atomic E-state index is 5.24. The van der Waals surface area contributed by atoms with Crippen LogP contribution in [0.25, 0.3) is 5.69 Å². The van der Waals surface area contributed by atoms with E-state index in [1.54, 1.807) is 7.11 Å². The molecule has 0 fully saturated rings. The lowest BCUT2D eigenvalue weighted by atomic mass is 10.1. The molecule has 122 valence electrons. The van der Waals surface area contributed by atoms with Gasteiger partial charge in [-0.15, -0.1) is 0 Å². The van der Waals surface area contributed by atoms with E-state index in [1.165, 1.54) is 16.7 Å². The van der Waals surface area contributed by atoms with Crippen molar-refractivity contribution in [2.45, 2.75) is 19.8 Å². The first kappa shape index (κ1) is 14.8. The van der Waals surface area contributed by atoms with Crippen molar-refractivity contribution in [3.8, 4) is 11.4 Å². The molecular formula is C20H21N3O. The van der Waals surface area contributed by atoms with Crippen molar-refractivity contribution in [2.75, 3.05) is 19.0 Å². The van der Waals surface area contributed by atoms with Gasteiger partial charge >= 0.3 is 0 Å². The van der Waals surface area contributed by atoms with Gasteiger partial charge in [-0.25, -0.2) is 4.68 Å². The molecule has 0 radical (unpaired) electrons. The summed E-state index contributed by atoms with van der Waals surface area (Å²) in [5.41, 5.74) is 6.10. The Morgan fingerprint density at radius 1 is 1.17 bits per heavy atom. The van der Waals surface area contributed by atoms with Gasteiger partial charge in [-0.3, -0.25) is 0 Å². The highest BCUT2D eigenvalue weighted by molar-refractivity contribution is 5.58. The molecule has 0 amide bonds. The van der Waals surface area contributed by atoms with Crippen LogP contribution in [0.5, 0.6) is 5.75 Å². The van der Waals surface area contributed by atoms with Crippen LogP contribution in [0.15, 0.2) is 48.5 Å². The summed E-state index contributed by atoms with van der Waals surface area (Å²) >= 11 is 0. The fourth-order valence-electron chi connectivity index (χ4n) is 3.27. The average Bonchev–Trinajstić information content (AvgIpc) is 3.19. The number of fused-ring (bicyclic) bond motifs is 1. The van der Waals surface area contributed by atoms with Crippen LogP contribution in [0.1, 0.15) is 22.4 Å². The normalized spacial score (nSPS) is 12.8. The lowest BCUT2D eigenvalue weighted by molar-refractivity contribution is 0.414. The molecule has 2 aromatic carbocycles. The van der Waals surface area contributed by atoms with E-state index in [4.69, 9.17) is 9.84 Å². The highest BCUT2D eigenvalue weighted by Crippen LogP contribution is 2.30. The number of methoxy groups -OCH3 is 1. The van der Waals surface area contributed by atoms with Crippen molar-refractivity contribution in [2.24, 2.45) is 0 Å². The molecule has 0 unspecified atom stereocenters. The molecule has 4 nitrogen and oxygen atoms in total. The van der Waals surface area contributed by atoms with Crippen molar-refractivity contribution in [3.05, 3.63) is 70.9 Å². The average molecular weight is 319 g/mol. The van der Waals surface area contributed by atoms with E-state index in [2.05, 4.69) is 48.6 Å². The summed E-state index contributed by atoms with van der Waals surface area (Å²) in [5.74, 6) is 2.03. The molecule has 1 N–H and O–H groups in total.